The first-order valence-electron chi connectivity index (χ1n) is 4.59. The lowest BCUT2D eigenvalue weighted by molar-refractivity contribution is 0.111. The maximum Gasteiger partial charge on any atom is 0.156 e. The van der Waals surface area contributed by atoms with Gasteiger partial charge in [0.2, 0.25) is 0 Å². The first kappa shape index (κ1) is 9.19. The highest BCUT2D eigenvalue weighted by atomic mass is 19.1. The number of benzene rings is 1. The highest BCUT2D eigenvalue weighted by molar-refractivity contribution is 5.80. The molecule has 1 saturated carbocycles. The Kier molecular flexibility index (Phi) is 2.23. The molecule has 0 spiro atoms. The molecular formula is C11H11FO2. The second kappa shape index (κ2) is 3.40. The van der Waals surface area contributed by atoms with Crippen LogP contribution >= 0.6 is 0 Å². The van der Waals surface area contributed by atoms with Gasteiger partial charge in [-0.2, -0.15) is 0 Å². The summed E-state index contributed by atoms with van der Waals surface area (Å²) in [5, 5.41) is 0. The van der Waals surface area contributed by atoms with Crippen molar-refractivity contribution in [3.8, 4) is 5.75 Å². The molecule has 74 valence electrons. The fraction of sp³-hybridized carbons (Fsp3) is 0.364. The van der Waals surface area contributed by atoms with Crippen LogP contribution < -0.4 is 4.74 Å². The van der Waals surface area contributed by atoms with Crippen molar-refractivity contribution in [2.24, 2.45) is 0 Å². The lowest BCUT2D eigenvalue weighted by atomic mass is 10.1. The van der Waals surface area contributed by atoms with Crippen molar-refractivity contribution in [1.82, 2.24) is 0 Å². The minimum atomic E-state index is -0.485. The Morgan fingerprint density at radius 3 is 2.71 bits per heavy atom. The molecule has 0 heterocycles. The predicted molar refractivity (Wildman–Crippen MR) is 50.3 cm³/mol. The largest absolute Gasteiger partial charge is 0.496 e. The van der Waals surface area contributed by atoms with Gasteiger partial charge in [-0.3, -0.25) is 4.79 Å². The number of halogens is 1. The molecule has 2 nitrogen and oxygen atoms in total. The van der Waals surface area contributed by atoms with Crippen molar-refractivity contribution >= 4 is 6.29 Å². The smallest absolute Gasteiger partial charge is 0.156 e. The van der Waals surface area contributed by atoms with E-state index >= 15 is 0 Å². The van der Waals surface area contributed by atoms with Crippen LogP contribution in [0.1, 0.15) is 34.7 Å². The van der Waals surface area contributed by atoms with Gasteiger partial charge in [0.1, 0.15) is 11.6 Å². The molecule has 1 aromatic carbocycles. The van der Waals surface area contributed by atoms with E-state index in [1.807, 2.05) is 0 Å². The molecule has 1 aliphatic rings. The number of carbonyl (C=O) groups excluding carboxylic acids is 1. The first-order chi connectivity index (χ1) is 6.76. The Balaban J connectivity index is 2.48. The Morgan fingerprint density at radius 1 is 1.50 bits per heavy atom. The van der Waals surface area contributed by atoms with E-state index in [-0.39, 0.29) is 5.56 Å². The van der Waals surface area contributed by atoms with Gasteiger partial charge in [0.05, 0.1) is 12.7 Å². The number of hydrogen-bond donors (Lipinski definition) is 0. The molecule has 2 rings (SSSR count). The molecule has 3 heteroatoms. The molecule has 0 unspecified atom stereocenters. The van der Waals surface area contributed by atoms with Gasteiger partial charge >= 0.3 is 0 Å². The van der Waals surface area contributed by atoms with Crippen LogP contribution in [0.15, 0.2) is 12.1 Å². The summed E-state index contributed by atoms with van der Waals surface area (Å²) in [4.78, 5) is 10.6. The number of ether oxygens (including phenoxy) is 1. The van der Waals surface area contributed by atoms with E-state index in [9.17, 15) is 9.18 Å². The van der Waals surface area contributed by atoms with Crippen LogP contribution in [-0.4, -0.2) is 13.4 Å². The van der Waals surface area contributed by atoms with E-state index in [1.54, 1.807) is 6.07 Å². The molecule has 0 amide bonds. The molecule has 0 aliphatic heterocycles. The fourth-order valence-electron chi connectivity index (χ4n) is 1.55. The van der Waals surface area contributed by atoms with E-state index in [2.05, 4.69) is 0 Å². The van der Waals surface area contributed by atoms with Crippen LogP contribution in [0, 0.1) is 5.82 Å². The molecule has 1 aliphatic carbocycles. The monoisotopic (exact) mass is 194 g/mol. The van der Waals surface area contributed by atoms with Crippen LogP contribution in [0.4, 0.5) is 4.39 Å². The van der Waals surface area contributed by atoms with Crippen LogP contribution in [0.2, 0.25) is 0 Å². The number of aldehydes is 1. The minimum Gasteiger partial charge on any atom is -0.496 e. The Morgan fingerprint density at radius 2 is 2.21 bits per heavy atom. The standard InChI is InChI=1S/C11H11FO2/c1-14-11-5-8(7-2-3-7)4-10(12)9(11)6-13/h4-7H,2-3H2,1H3. The predicted octanol–water partition coefficient (Wildman–Crippen LogP) is 2.52. The van der Waals surface area contributed by atoms with Crippen LogP contribution in [0.25, 0.3) is 0 Å². The lowest BCUT2D eigenvalue weighted by Crippen LogP contribution is -1.96. The minimum absolute atomic E-state index is 0.0110. The van der Waals surface area contributed by atoms with E-state index in [1.165, 1.54) is 13.2 Å². The zero-order chi connectivity index (χ0) is 10.1. The van der Waals surface area contributed by atoms with Gasteiger partial charge in [-0.25, -0.2) is 4.39 Å². The summed E-state index contributed by atoms with van der Waals surface area (Å²) in [5.74, 6) is 0.308. The number of carbonyl (C=O) groups is 1. The third-order valence-corrected chi connectivity index (χ3v) is 2.50. The average Bonchev–Trinajstić information content (AvgIpc) is 2.99. The van der Waals surface area contributed by atoms with Crippen LogP contribution in [-0.2, 0) is 0 Å². The van der Waals surface area contributed by atoms with Crippen molar-refractivity contribution in [3.63, 3.8) is 0 Å². The third kappa shape index (κ3) is 1.50. The van der Waals surface area contributed by atoms with E-state index in [0.717, 1.165) is 18.4 Å². The summed E-state index contributed by atoms with van der Waals surface area (Å²) in [6.07, 6.45) is 2.69. The van der Waals surface area contributed by atoms with Gasteiger partial charge in [-0.05, 0) is 36.5 Å². The molecular weight excluding hydrogens is 183 g/mol. The summed E-state index contributed by atoms with van der Waals surface area (Å²) in [7, 11) is 1.44. The molecule has 0 radical (unpaired) electrons. The Labute approximate surface area is 81.7 Å². The third-order valence-electron chi connectivity index (χ3n) is 2.50. The number of hydrogen-bond acceptors (Lipinski definition) is 2. The van der Waals surface area contributed by atoms with Gasteiger partial charge in [0, 0.05) is 0 Å². The van der Waals surface area contributed by atoms with Crippen LogP contribution in [0.3, 0.4) is 0 Å². The summed E-state index contributed by atoms with van der Waals surface area (Å²) in [6, 6.07) is 3.19. The highest BCUT2D eigenvalue weighted by Gasteiger charge is 2.25. The van der Waals surface area contributed by atoms with Crippen molar-refractivity contribution in [3.05, 3.63) is 29.1 Å². The molecule has 0 saturated heterocycles. The van der Waals surface area contributed by atoms with E-state index < -0.39 is 5.82 Å². The molecule has 1 aromatic rings. The van der Waals surface area contributed by atoms with Gasteiger partial charge < -0.3 is 4.74 Å². The van der Waals surface area contributed by atoms with E-state index in [0.29, 0.717) is 18.0 Å². The zero-order valence-corrected chi connectivity index (χ0v) is 7.92. The molecule has 0 aromatic heterocycles. The van der Waals surface area contributed by atoms with Gasteiger partial charge in [-0.15, -0.1) is 0 Å². The van der Waals surface area contributed by atoms with Gasteiger partial charge in [0.15, 0.2) is 6.29 Å². The topological polar surface area (TPSA) is 26.3 Å². The second-order valence-electron chi connectivity index (χ2n) is 3.51. The molecule has 1 fully saturated rings. The molecule has 0 N–H and O–H groups in total. The van der Waals surface area contributed by atoms with Crippen molar-refractivity contribution in [1.29, 1.82) is 0 Å². The number of methoxy groups -OCH3 is 1. The molecule has 0 bridgehead atoms. The fourth-order valence-corrected chi connectivity index (χ4v) is 1.55. The van der Waals surface area contributed by atoms with Gasteiger partial charge in [-0.1, -0.05) is 0 Å². The summed E-state index contributed by atoms with van der Waals surface area (Å²) < 4.78 is 18.3. The summed E-state index contributed by atoms with van der Waals surface area (Å²) in [5.41, 5.74) is 0.946. The highest BCUT2D eigenvalue weighted by Crippen LogP contribution is 2.42. The number of rotatable bonds is 3. The van der Waals surface area contributed by atoms with Gasteiger partial charge in [0.25, 0.3) is 0 Å². The normalized spacial score (nSPS) is 15.3. The van der Waals surface area contributed by atoms with Crippen LogP contribution in [0.5, 0.6) is 5.75 Å². The van der Waals surface area contributed by atoms with Crippen molar-refractivity contribution in [2.45, 2.75) is 18.8 Å². The first-order valence-corrected chi connectivity index (χ1v) is 4.59. The van der Waals surface area contributed by atoms with E-state index in [4.69, 9.17) is 4.74 Å². The zero-order valence-electron chi connectivity index (χ0n) is 7.92. The Bertz CT molecular complexity index is 370. The van der Waals surface area contributed by atoms with Crippen molar-refractivity contribution < 1.29 is 13.9 Å². The quantitative estimate of drug-likeness (QED) is 0.691. The SMILES string of the molecule is COc1cc(C2CC2)cc(F)c1C=O. The lowest BCUT2D eigenvalue weighted by Gasteiger charge is -2.07. The Hall–Kier alpha value is -1.38. The second-order valence-corrected chi connectivity index (χ2v) is 3.51. The average molecular weight is 194 g/mol. The summed E-state index contributed by atoms with van der Waals surface area (Å²) in [6.45, 7) is 0. The maximum atomic E-state index is 13.4. The molecule has 0 atom stereocenters. The molecule has 14 heavy (non-hydrogen) atoms. The maximum absolute atomic E-state index is 13.4. The summed E-state index contributed by atoms with van der Waals surface area (Å²) >= 11 is 0. The van der Waals surface area contributed by atoms with Crippen molar-refractivity contribution in [2.75, 3.05) is 7.11 Å².